The molecule has 0 saturated carbocycles. The summed E-state index contributed by atoms with van der Waals surface area (Å²) in [7, 11) is -3.29. The van der Waals surface area contributed by atoms with E-state index in [4.69, 9.17) is 11.6 Å². The van der Waals surface area contributed by atoms with Crippen molar-refractivity contribution >= 4 is 33.0 Å². The first-order chi connectivity index (χ1) is 9.44. The standard InChI is InChI=1S/C14H15ClN2O2S/c1-20(18,19)17-12-7-8-13(15)14(9-12)16-10-11-5-3-2-4-6-11/h2-9,16-17H,10H2,1H3. The zero-order valence-electron chi connectivity index (χ0n) is 10.9. The molecule has 2 rings (SSSR count). The van der Waals surface area contributed by atoms with Crippen LogP contribution < -0.4 is 10.0 Å². The van der Waals surface area contributed by atoms with Crippen LogP contribution in [0, 0.1) is 0 Å². The van der Waals surface area contributed by atoms with Gasteiger partial charge in [0.1, 0.15) is 0 Å². The van der Waals surface area contributed by atoms with Gasteiger partial charge >= 0.3 is 0 Å². The molecule has 0 atom stereocenters. The molecule has 4 nitrogen and oxygen atoms in total. The normalized spacial score (nSPS) is 11.1. The van der Waals surface area contributed by atoms with E-state index in [0.717, 1.165) is 11.8 Å². The molecule has 0 fully saturated rings. The highest BCUT2D eigenvalue weighted by Gasteiger charge is 2.05. The lowest BCUT2D eigenvalue weighted by Crippen LogP contribution is -2.10. The molecule has 0 radical (unpaired) electrons. The third kappa shape index (κ3) is 4.43. The molecule has 2 N–H and O–H groups in total. The molecule has 2 aromatic rings. The fourth-order valence-electron chi connectivity index (χ4n) is 1.73. The van der Waals surface area contributed by atoms with Crippen LogP contribution in [0.5, 0.6) is 0 Å². The van der Waals surface area contributed by atoms with Crippen molar-refractivity contribution in [1.82, 2.24) is 0 Å². The Morgan fingerprint density at radius 3 is 2.45 bits per heavy atom. The molecule has 0 unspecified atom stereocenters. The number of hydrogen-bond acceptors (Lipinski definition) is 3. The summed E-state index contributed by atoms with van der Waals surface area (Å²) in [6, 6.07) is 14.8. The lowest BCUT2D eigenvalue weighted by Gasteiger charge is -2.11. The quantitative estimate of drug-likeness (QED) is 0.890. The van der Waals surface area contributed by atoms with Crippen LogP contribution in [0.4, 0.5) is 11.4 Å². The van der Waals surface area contributed by atoms with Crippen LogP contribution in [0.25, 0.3) is 0 Å². The average molecular weight is 311 g/mol. The lowest BCUT2D eigenvalue weighted by molar-refractivity contribution is 0.607. The summed E-state index contributed by atoms with van der Waals surface area (Å²) in [5, 5.41) is 3.73. The van der Waals surface area contributed by atoms with E-state index in [1.807, 2.05) is 30.3 Å². The Hall–Kier alpha value is -1.72. The van der Waals surface area contributed by atoms with Crippen molar-refractivity contribution < 1.29 is 8.42 Å². The van der Waals surface area contributed by atoms with E-state index in [1.165, 1.54) is 0 Å². The van der Waals surface area contributed by atoms with Crippen molar-refractivity contribution in [2.24, 2.45) is 0 Å². The molecular weight excluding hydrogens is 296 g/mol. The monoisotopic (exact) mass is 310 g/mol. The van der Waals surface area contributed by atoms with E-state index in [2.05, 4.69) is 10.0 Å². The molecule has 0 aliphatic carbocycles. The van der Waals surface area contributed by atoms with Gasteiger partial charge in [-0.1, -0.05) is 41.9 Å². The predicted octanol–water partition coefficient (Wildman–Crippen LogP) is 3.32. The van der Waals surface area contributed by atoms with Gasteiger partial charge in [0.2, 0.25) is 10.0 Å². The SMILES string of the molecule is CS(=O)(=O)Nc1ccc(Cl)c(NCc2ccccc2)c1. The van der Waals surface area contributed by atoms with Crippen molar-refractivity contribution in [2.45, 2.75) is 6.54 Å². The van der Waals surface area contributed by atoms with Gasteiger partial charge in [-0.2, -0.15) is 0 Å². The zero-order chi connectivity index (χ0) is 14.6. The Bertz CT molecular complexity index is 688. The maximum Gasteiger partial charge on any atom is 0.229 e. The van der Waals surface area contributed by atoms with Crippen molar-refractivity contribution in [2.75, 3.05) is 16.3 Å². The fourth-order valence-corrected chi connectivity index (χ4v) is 2.47. The first-order valence-corrected chi connectivity index (χ1v) is 8.26. The van der Waals surface area contributed by atoms with Crippen LogP contribution >= 0.6 is 11.6 Å². The van der Waals surface area contributed by atoms with Gasteiger partial charge in [-0.05, 0) is 23.8 Å². The number of anilines is 2. The Morgan fingerprint density at radius 1 is 1.10 bits per heavy atom. The van der Waals surface area contributed by atoms with Crippen molar-refractivity contribution in [1.29, 1.82) is 0 Å². The minimum Gasteiger partial charge on any atom is -0.380 e. The third-order valence-corrected chi connectivity index (χ3v) is 3.53. The zero-order valence-corrected chi connectivity index (χ0v) is 12.5. The maximum atomic E-state index is 11.2. The van der Waals surface area contributed by atoms with Crippen LogP contribution in [-0.2, 0) is 16.6 Å². The molecule has 0 aliphatic heterocycles. The van der Waals surface area contributed by atoms with Gasteiger partial charge in [-0.3, -0.25) is 4.72 Å². The highest BCUT2D eigenvalue weighted by Crippen LogP contribution is 2.26. The van der Waals surface area contributed by atoms with Gasteiger partial charge in [0, 0.05) is 6.54 Å². The summed E-state index contributed by atoms with van der Waals surface area (Å²) in [6.45, 7) is 0.614. The van der Waals surface area contributed by atoms with Gasteiger partial charge in [-0.25, -0.2) is 8.42 Å². The first-order valence-electron chi connectivity index (χ1n) is 5.99. The molecule has 0 amide bonds. The molecule has 0 spiro atoms. The van der Waals surface area contributed by atoms with Crippen molar-refractivity contribution in [3.8, 4) is 0 Å². The molecular formula is C14H15ClN2O2S. The van der Waals surface area contributed by atoms with Crippen LogP contribution in [0.15, 0.2) is 48.5 Å². The van der Waals surface area contributed by atoms with Crippen LogP contribution in [-0.4, -0.2) is 14.7 Å². The number of rotatable bonds is 5. The average Bonchev–Trinajstić information content (AvgIpc) is 2.39. The molecule has 0 saturated heterocycles. The molecule has 0 bridgehead atoms. The Kier molecular flexibility index (Phi) is 4.52. The van der Waals surface area contributed by atoms with Crippen molar-refractivity contribution in [3.05, 3.63) is 59.1 Å². The van der Waals surface area contributed by atoms with Gasteiger partial charge in [0.05, 0.1) is 22.7 Å². The summed E-state index contributed by atoms with van der Waals surface area (Å²) in [6.07, 6.45) is 1.11. The lowest BCUT2D eigenvalue weighted by atomic mass is 10.2. The minimum absolute atomic E-state index is 0.479. The second-order valence-corrected chi connectivity index (χ2v) is 6.56. The molecule has 106 valence electrons. The minimum atomic E-state index is -3.29. The molecule has 20 heavy (non-hydrogen) atoms. The van der Waals surface area contributed by atoms with E-state index < -0.39 is 10.0 Å². The topological polar surface area (TPSA) is 58.2 Å². The number of halogens is 1. The van der Waals surface area contributed by atoms with Gasteiger partial charge in [0.25, 0.3) is 0 Å². The number of benzene rings is 2. The first kappa shape index (κ1) is 14.7. The van der Waals surface area contributed by atoms with Crippen LogP contribution in [0.3, 0.4) is 0 Å². The van der Waals surface area contributed by atoms with E-state index >= 15 is 0 Å². The second-order valence-electron chi connectivity index (χ2n) is 4.41. The fraction of sp³-hybridized carbons (Fsp3) is 0.143. The van der Waals surface area contributed by atoms with E-state index in [1.54, 1.807) is 18.2 Å². The van der Waals surface area contributed by atoms with Crippen molar-refractivity contribution in [3.63, 3.8) is 0 Å². The summed E-state index contributed by atoms with van der Waals surface area (Å²) in [4.78, 5) is 0. The van der Waals surface area contributed by atoms with E-state index in [-0.39, 0.29) is 0 Å². The van der Waals surface area contributed by atoms with Gasteiger partial charge in [-0.15, -0.1) is 0 Å². The van der Waals surface area contributed by atoms with Gasteiger partial charge in [0.15, 0.2) is 0 Å². The number of hydrogen-bond donors (Lipinski definition) is 2. The molecule has 2 aromatic carbocycles. The molecule has 6 heteroatoms. The Labute approximate surface area is 123 Å². The number of nitrogens with one attached hydrogen (secondary N) is 2. The summed E-state index contributed by atoms with van der Waals surface area (Å²) < 4.78 is 24.8. The molecule has 0 aliphatic rings. The highest BCUT2D eigenvalue weighted by atomic mass is 35.5. The van der Waals surface area contributed by atoms with E-state index in [9.17, 15) is 8.42 Å². The summed E-state index contributed by atoms with van der Waals surface area (Å²) in [5.41, 5.74) is 2.28. The summed E-state index contributed by atoms with van der Waals surface area (Å²) >= 11 is 6.09. The van der Waals surface area contributed by atoms with Crippen LogP contribution in [0.1, 0.15) is 5.56 Å². The highest BCUT2D eigenvalue weighted by molar-refractivity contribution is 7.92. The second kappa shape index (κ2) is 6.15. The number of sulfonamides is 1. The van der Waals surface area contributed by atoms with Gasteiger partial charge < -0.3 is 5.32 Å². The molecule has 0 heterocycles. The Balaban J connectivity index is 2.13. The predicted molar refractivity (Wildman–Crippen MR) is 83.7 cm³/mol. The third-order valence-electron chi connectivity index (χ3n) is 2.60. The van der Waals surface area contributed by atoms with Crippen LogP contribution in [0.2, 0.25) is 5.02 Å². The smallest absolute Gasteiger partial charge is 0.229 e. The van der Waals surface area contributed by atoms with E-state index in [0.29, 0.717) is 22.9 Å². The Morgan fingerprint density at radius 2 is 1.80 bits per heavy atom. The summed E-state index contributed by atoms with van der Waals surface area (Å²) in [5.74, 6) is 0. The largest absolute Gasteiger partial charge is 0.380 e. The maximum absolute atomic E-state index is 11.2. The molecule has 0 aromatic heterocycles.